The minimum atomic E-state index is -5.08. The Bertz CT molecular complexity index is 1360. The third kappa shape index (κ3) is 7.30. The first-order valence-corrected chi connectivity index (χ1v) is 11.3. The highest BCUT2D eigenvalue weighted by Gasteiger charge is 2.38. The number of nitrogens with zero attached hydrogens (tertiary/aromatic N) is 4. The van der Waals surface area contributed by atoms with E-state index in [9.17, 15) is 23.2 Å². The summed E-state index contributed by atoms with van der Waals surface area (Å²) in [5.74, 6) is -2.26. The molecule has 0 saturated carbocycles. The van der Waals surface area contributed by atoms with Gasteiger partial charge in [-0.25, -0.2) is 4.79 Å². The molecule has 4 rings (SSSR count). The van der Waals surface area contributed by atoms with Gasteiger partial charge in [0.1, 0.15) is 11.8 Å². The van der Waals surface area contributed by atoms with Gasteiger partial charge in [-0.3, -0.25) is 9.69 Å². The van der Waals surface area contributed by atoms with Crippen molar-refractivity contribution in [3.8, 4) is 34.7 Å². The number of aliphatic carboxylic acids is 2. The van der Waals surface area contributed by atoms with Gasteiger partial charge in [0.25, 0.3) is 5.89 Å². The Morgan fingerprint density at radius 1 is 1.16 bits per heavy atom. The molecule has 10 nitrogen and oxygen atoms in total. The van der Waals surface area contributed by atoms with Gasteiger partial charge in [0.15, 0.2) is 0 Å². The molecule has 0 saturated heterocycles. The zero-order valence-corrected chi connectivity index (χ0v) is 20.3. The van der Waals surface area contributed by atoms with E-state index in [1.165, 1.54) is 0 Å². The first-order chi connectivity index (χ1) is 17.9. The zero-order valence-electron chi connectivity index (χ0n) is 20.3. The van der Waals surface area contributed by atoms with Crippen LogP contribution >= 0.6 is 0 Å². The summed E-state index contributed by atoms with van der Waals surface area (Å²) in [6.07, 6.45) is -4.35. The number of hydrogen-bond donors (Lipinski definition) is 2. The molecular weight excluding hydrogens is 509 g/mol. The molecule has 0 amide bonds. The minimum Gasteiger partial charge on any atom is -0.490 e. The number of nitriles is 1. The molecular formula is C25H23F3N4O6. The summed E-state index contributed by atoms with van der Waals surface area (Å²) in [5.41, 5.74) is 4.16. The van der Waals surface area contributed by atoms with Gasteiger partial charge in [0.05, 0.1) is 18.2 Å². The smallest absolute Gasteiger partial charge is 0.490 e. The fourth-order valence-corrected chi connectivity index (χ4v) is 3.64. The normalized spacial score (nSPS) is 13.2. The Labute approximate surface area is 214 Å². The van der Waals surface area contributed by atoms with Crippen molar-refractivity contribution >= 4 is 11.9 Å². The van der Waals surface area contributed by atoms with Gasteiger partial charge < -0.3 is 19.5 Å². The number of ether oxygens (including phenoxy) is 1. The average molecular weight is 532 g/mol. The van der Waals surface area contributed by atoms with Crippen LogP contribution in [0.2, 0.25) is 0 Å². The third-order valence-corrected chi connectivity index (χ3v) is 5.29. The summed E-state index contributed by atoms with van der Waals surface area (Å²) < 4.78 is 42.8. The first-order valence-electron chi connectivity index (χ1n) is 11.3. The van der Waals surface area contributed by atoms with Crippen molar-refractivity contribution in [1.82, 2.24) is 15.0 Å². The van der Waals surface area contributed by atoms with Crippen molar-refractivity contribution < 1.29 is 42.2 Å². The monoisotopic (exact) mass is 532 g/mol. The van der Waals surface area contributed by atoms with Crippen molar-refractivity contribution in [2.75, 3.05) is 13.1 Å². The molecule has 0 spiro atoms. The van der Waals surface area contributed by atoms with E-state index in [0.29, 0.717) is 41.7 Å². The Balaban J connectivity index is 0.000000505. The predicted molar refractivity (Wildman–Crippen MR) is 126 cm³/mol. The summed E-state index contributed by atoms with van der Waals surface area (Å²) in [6.45, 7) is 5.16. The third-order valence-electron chi connectivity index (χ3n) is 5.29. The zero-order chi connectivity index (χ0) is 28.0. The van der Waals surface area contributed by atoms with Crippen LogP contribution in [0.3, 0.4) is 0 Å². The van der Waals surface area contributed by atoms with Gasteiger partial charge in [-0.15, -0.1) is 0 Å². The number of carboxylic acid groups (broad SMARTS) is 2. The van der Waals surface area contributed by atoms with Crippen LogP contribution in [-0.2, 0) is 22.6 Å². The van der Waals surface area contributed by atoms with Gasteiger partial charge in [-0.2, -0.15) is 23.4 Å². The lowest BCUT2D eigenvalue weighted by atomic mass is 9.97. The molecule has 2 heterocycles. The van der Waals surface area contributed by atoms with E-state index in [1.807, 2.05) is 36.9 Å². The molecule has 0 atom stereocenters. The van der Waals surface area contributed by atoms with E-state index in [1.54, 1.807) is 18.2 Å². The highest BCUT2D eigenvalue weighted by Crippen LogP contribution is 2.29. The molecule has 38 heavy (non-hydrogen) atoms. The number of hydrogen-bond acceptors (Lipinski definition) is 8. The molecule has 1 aliphatic heterocycles. The second-order valence-electron chi connectivity index (χ2n) is 8.55. The Hall–Kier alpha value is -4.44. The number of rotatable bonds is 6. The van der Waals surface area contributed by atoms with Gasteiger partial charge in [-0.1, -0.05) is 17.3 Å². The topological polar surface area (TPSA) is 150 Å². The summed E-state index contributed by atoms with van der Waals surface area (Å²) in [7, 11) is 0. The molecule has 0 aliphatic carbocycles. The number of carbonyl (C=O) groups is 2. The molecule has 1 aliphatic rings. The number of aromatic nitrogens is 2. The second kappa shape index (κ2) is 11.7. The van der Waals surface area contributed by atoms with Crippen molar-refractivity contribution in [2.45, 2.75) is 39.1 Å². The van der Waals surface area contributed by atoms with Crippen molar-refractivity contribution in [2.24, 2.45) is 0 Å². The SMILES string of the molecule is CC(C)Oc1ccc(-c2nc(-c3ccc4c(c3)CCN(CC(=O)O)C4)no2)cc1C#N.O=C(O)C(F)(F)F. The molecule has 200 valence electrons. The van der Waals surface area contributed by atoms with Crippen LogP contribution < -0.4 is 4.74 Å². The average Bonchev–Trinajstić information content (AvgIpc) is 3.33. The van der Waals surface area contributed by atoms with E-state index >= 15 is 0 Å². The van der Waals surface area contributed by atoms with Crippen molar-refractivity contribution in [3.63, 3.8) is 0 Å². The highest BCUT2D eigenvalue weighted by atomic mass is 19.4. The van der Waals surface area contributed by atoms with Crippen LogP contribution in [0.15, 0.2) is 40.9 Å². The van der Waals surface area contributed by atoms with E-state index < -0.39 is 18.1 Å². The maximum absolute atomic E-state index is 11.0. The second-order valence-corrected chi connectivity index (χ2v) is 8.55. The molecule has 1 aromatic heterocycles. The number of alkyl halides is 3. The fraction of sp³-hybridized carbons (Fsp3) is 0.320. The molecule has 2 aromatic carbocycles. The number of benzene rings is 2. The van der Waals surface area contributed by atoms with Crippen LogP contribution in [0, 0.1) is 11.3 Å². The summed E-state index contributed by atoms with van der Waals surface area (Å²) in [4.78, 5) is 26.3. The van der Waals surface area contributed by atoms with E-state index in [0.717, 1.165) is 23.1 Å². The van der Waals surface area contributed by atoms with E-state index in [2.05, 4.69) is 16.2 Å². The lowest BCUT2D eigenvalue weighted by Crippen LogP contribution is -2.34. The molecule has 0 unspecified atom stereocenters. The number of halogens is 3. The van der Waals surface area contributed by atoms with E-state index in [4.69, 9.17) is 24.3 Å². The van der Waals surface area contributed by atoms with Crippen LogP contribution in [-0.4, -0.2) is 62.6 Å². The minimum absolute atomic E-state index is 0.0341. The maximum atomic E-state index is 11.0. The molecule has 0 fully saturated rings. The number of carboxylic acids is 2. The number of fused-ring (bicyclic) bond motifs is 1. The summed E-state index contributed by atoms with van der Waals surface area (Å²) in [5, 5.41) is 29.7. The van der Waals surface area contributed by atoms with Crippen LogP contribution in [0.25, 0.3) is 22.8 Å². The maximum Gasteiger partial charge on any atom is 0.490 e. The molecule has 0 bridgehead atoms. The Kier molecular flexibility index (Phi) is 8.69. The molecule has 2 N–H and O–H groups in total. The molecule has 3 aromatic rings. The Morgan fingerprint density at radius 3 is 2.45 bits per heavy atom. The van der Waals surface area contributed by atoms with Gasteiger partial charge in [0, 0.05) is 24.2 Å². The van der Waals surface area contributed by atoms with Crippen LogP contribution in [0.1, 0.15) is 30.5 Å². The van der Waals surface area contributed by atoms with Gasteiger partial charge in [-0.05, 0) is 55.7 Å². The lowest BCUT2D eigenvalue weighted by Gasteiger charge is -2.27. The van der Waals surface area contributed by atoms with Crippen LogP contribution in [0.5, 0.6) is 5.75 Å². The standard InChI is InChI=1S/C23H22N4O4.C2HF3O2/c1-14(2)30-20-6-5-17(10-19(20)11-24)23-25-22(26-31-23)16-3-4-18-12-27(13-21(28)29)8-7-15(18)9-16;3-2(4,5)1(6)7/h3-6,9-10,14H,7-8,12-13H2,1-2H3,(H,28,29);(H,6,7). The summed E-state index contributed by atoms with van der Waals surface area (Å²) in [6, 6.07) is 13.3. The highest BCUT2D eigenvalue weighted by molar-refractivity contribution is 5.73. The molecule has 13 heteroatoms. The largest absolute Gasteiger partial charge is 0.490 e. The predicted octanol–water partition coefficient (Wildman–Crippen LogP) is 4.14. The quantitative estimate of drug-likeness (QED) is 0.474. The first kappa shape index (κ1) is 28.1. The van der Waals surface area contributed by atoms with E-state index in [-0.39, 0.29) is 12.6 Å². The Morgan fingerprint density at radius 2 is 1.84 bits per heavy atom. The van der Waals surface area contributed by atoms with Gasteiger partial charge in [0.2, 0.25) is 5.82 Å². The van der Waals surface area contributed by atoms with Crippen molar-refractivity contribution in [1.29, 1.82) is 5.26 Å². The molecule has 0 radical (unpaired) electrons. The van der Waals surface area contributed by atoms with Gasteiger partial charge >= 0.3 is 18.1 Å². The fourth-order valence-electron chi connectivity index (χ4n) is 3.64. The summed E-state index contributed by atoms with van der Waals surface area (Å²) >= 11 is 0. The van der Waals surface area contributed by atoms with Crippen LogP contribution in [0.4, 0.5) is 13.2 Å². The lowest BCUT2D eigenvalue weighted by molar-refractivity contribution is -0.192. The van der Waals surface area contributed by atoms with Crippen molar-refractivity contribution in [3.05, 3.63) is 53.1 Å².